The highest BCUT2D eigenvalue weighted by atomic mass is 16.5. The van der Waals surface area contributed by atoms with Gasteiger partial charge in [-0.3, -0.25) is 4.79 Å². The number of carbonyl (C=O) groups is 1. The van der Waals surface area contributed by atoms with E-state index in [0.717, 1.165) is 17.7 Å². The summed E-state index contributed by atoms with van der Waals surface area (Å²) in [5.41, 5.74) is 1.64. The van der Waals surface area contributed by atoms with Crippen molar-refractivity contribution in [2.75, 3.05) is 7.11 Å². The highest BCUT2D eigenvalue weighted by molar-refractivity contribution is 6.09. The number of rotatable bonds is 4. The smallest absolute Gasteiger partial charge is 0.189 e. The zero-order valence-corrected chi connectivity index (χ0v) is 14.7. The molecule has 1 N–H and O–H groups in total. The van der Waals surface area contributed by atoms with Crippen LogP contribution in [0.25, 0.3) is 6.08 Å². The lowest BCUT2D eigenvalue weighted by atomic mass is 9.91. The molecule has 1 aliphatic heterocycles. The van der Waals surface area contributed by atoms with Crippen molar-refractivity contribution in [3.05, 3.63) is 59.2 Å². The maximum atomic E-state index is 12.5. The molecule has 0 spiro atoms. The number of phenols is 1. The monoisotopic (exact) mass is 338 g/mol. The number of hydrogen-bond acceptors (Lipinski definition) is 4. The first-order valence-electron chi connectivity index (χ1n) is 8.30. The SMILES string of the molecule is COc1ccc(/C=C/C(=O)c2ccc3c(c2O)CCC(C)(C)O3)cc1. The van der Waals surface area contributed by atoms with Gasteiger partial charge in [-0.25, -0.2) is 0 Å². The van der Waals surface area contributed by atoms with Crippen molar-refractivity contribution in [2.45, 2.75) is 32.3 Å². The number of allylic oxidation sites excluding steroid dienone is 1. The van der Waals surface area contributed by atoms with Gasteiger partial charge in [-0.1, -0.05) is 18.2 Å². The van der Waals surface area contributed by atoms with Gasteiger partial charge in [0.05, 0.1) is 12.7 Å². The second kappa shape index (κ2) is 6.63. The molecule has 1 aliphatic rings. The van der Waals surface area contributed by atoms with Crippen LogP contribution in [0, 0.1) is 0 Å². The minimum Gasteiger partial charge on any atom is -0.507 e. The summed E-state index contributed by atoms with van der Waals surface area (Å²) in [5.74, 6) is 1.21. The van der Waals surface area contributed by atoms with Crippen molar-refractivity contribution in [2.24, 2.45) is 0 Å². The number of benzene rings is 2. The van der Waals surface area contributed by atoms with Crippen LogP contribution in [-0.2, 0) is 6.42 Å². The molecular weight excluding hydrogens is 316 g/mol. The van der Waals surface area contributed by atoms with Crippen LogP contribution >= 0.6 is 0 Å². The molecule has 0 bridgehead atoms. The van der Waals surface area contributed by atoms with Crippen molar-refractivity contribution in [1.29, 1.82) is 0 Å². The Bertz CT molecular complexity index is 817. The molecule has 0 saturated carbocycles. The van der Waals surface area contributed by atoms with Crippen LogP contribution in [-0.4, -0.2) is 23.6 Å². The highest BCUT2D eigenvalue weighted by Gasteiger charge is 2.29. The summed E-state index contributed by atoms with van der Waals surface area (Å²) in [6.45, 7) is 4.04. The average Bonchev–Trinajstić information content (AvgIpc) is 2.59. The summed E-state index contributed by atoms with van der Waals surface area (Å²) in [4.78, 5) is 12.5. The molecule has 130 valence electrons. The van der Waals surface area contributed by atoms with E-state index in [2.05, 4.69) is 0 Å². The number of methoxy groups -OCH3 is 1. The molecular formula is C21H22O4. The van der Waals surface area contributed by atoms with Gasteiger partial charge in [-0.2, -0.15) is 0 Å². The third-order valence-electron chi connectivity index (χ3n) is 4.41. The summed E-state index contributed by atoms with van der Waals surface area (Å²) in [6.07, 6.45) is 4.68. The van der Waals surface area contributed by atoms with E-state index in [1.165, 1.54) is 6.08 Å². The fourth-order valence-corrected chi connectivity index (χ4v) is 2.91. The standard InChI is InChI=1S/C21H22O4/c1-21(2)13-12-17-19(25-21)11-9-16(20(17)23)18(22)10-6-14-4-7-15(24-3)8-5-14/h4-11,23H,12-13H2,1-3H3/b10-6+. The van der Waals surface area contributed by atoms with E-state index in [4.69, 9.17) is 9.47 Å². The molecule has 2 aromatic carbocycles. The van der Waals surface area contributed by atoms with Crippen molar-refractivity contribution in [3.8, 4) is 17.2 Å². The van der Waals surface area contributed by atoms with Crippen molar-refractivity contribution in [1.82, 2.24) is 0 Å². The van der Waals surface area contributed by atoms with Crippen molar-refractivity contribution >= 4 is 11.9 Å². The maximum Gasteiger partial charge on any atom is 0.189 e. The van der Waals surface area contributed by atoms with Gasteiger partial charge < -0.3 is 14.6 Å². The van der Waals surface area contributed by atoms with Crippen LogP contribution in [0.3, 0.4) is 0 Å². The molecule has 0 radical (unpaired) electrons. The number of carbonyl (C=O) groups excluding carboxylic acids is 1. The predicted octanol–water partition coefficient (Wildman–Crippen LogP) is 4.40. The van der Waals surface area contributed by atoms with Crippen LogP contribution in [0.2, 0.25) is 0 Å². The summed E-state index contributed by atoms with van der Waals surface area (Å²) >= 11 is 0. The third kappa shape index (κ3) is 3.68. The lowest BCUT2D eigenvalue weighted by Gasteiger charge is -2.33. The Labute approximate surface area is 147 Å². The fourth-order valence-electron chi connectivity index (χ4n) is 2.91. The molecule has 4 heteroatoms. The Balaban J connectivity index is 1.81. The van der Waals surface area contributed by atoms with Gasteiger partial charge in [0.25, 0.3) is 0 Å². The summed E-state index contributed by atoms with van der Waals surface area (Å²) in [6, 6.07) is 10.8. The van der Waals surface area contributed by atoms with E-state index in [9.17, 15) is 9.90 Å². The first-order valence-corrected chi connectivity index (χ1v) is 8.30. The molecule has 2 aromatic rings. The zero-order chi connectivity index (χ0) is 18.0. The van der Waals surface area contributed by atoms with E-state index in [0.29, 0.717) is 23.3 Å². The molecule has 3 rings (SSSR count). The Morgan fingerprint density at radius 3 is 2.60 bits per heavy atom. The molecule has 25 heavy (non-hydrogen) atoms. The molecule has 0 fully saturated rings. The number of aromatic hydroxyl groups is 1. The van der Waals surface area contributed by atoms with Gasteiger partial charge in [0.1, 0.15) is 22.8 Å². The van der Waals surface area contributed by atoms with Gasteiger partial charge in [-0.15, -0.1) is 0 Å². The molecule has 1 heterocycles. The van der Waals surface area contributed by atoms with Gasteiger partial charge in [-0.05, 0) is 62.6 Å². The van der Waals surface area contributed by atoms with Crippen molar-refractivity contribution < 1.29 is 19.4 Å². The van der Waals surface area contributed by atoms with E-state index in [-0.39, 0.29) is 17.1 Å². The molecule has 0 unspecified atom stereocenters. The minimum absolute atomic E-state index is 0.0254. The van der Waals surface area contributed by atoms with E-state index >= 15 is 0 Å². The summed E-state index contributed by atoms with van der Waals surface area (Å²) < 4.78 is 11.0. The summed E-state index contributed by atoms with van der Waals surface area (Å²) in [7, 11) is 1.61. The second-order valence-corrected chi connectivity index (χ2v) is 6.77. The Kier molecular flexibility index (Phi) is 4.53. The minimum atomic E-state index is -0.251. The van der Waals surface area contributed by atoms with Gasteiger partial charge in [0.15, 0.2) is 5.78 Å². The first kappa shape index (κ1) is 17.1. The van der Waals surface area contributed by atoms with Gasteiger partial charge >= 0.3 is 0 Å². The Morgan fingerprint density at radius 2 is 1.92 bits per heavy atom. The van der Waals surface area contributed by atoms with Crippen LogP contribution in [0.1, 0.15) is 41.8 Å². The molecule has 0 atom stereocenters. The number of ketones is 1. The molecule has 4 nitrogen and oxygen atoms in total. The van der Waals surface area contributed by atoms with Crippen LogP contribution < -0.4 is 9.47 Å². The first-order chi connectivity index (χ1) is 11.9. The summed E-state index contributed by atoms with van der Waals surface area (Å²) in [5, 5.41) is 10.5. The number of ether oxygens (including phenoxy) is 2. The number of phenolic OH excluding ortho intramolecular Hbond substituents is 1. The van der Waals surface area contributed by atoms with E-state index in [1.54, 1.807) is 25.3 Å². The predicted molar refractivity (Wildman–Crippen MR) is 97.5 cm³/mol. The molecule has 0 saturated heterocycles. The Morgan fingerprint density at radius 1 is 1.20 bits per heavy atom. The highest BCUT2D eigenvalue weighted by Crippen LogP contribution is 2.39. The van der Waals surface area contributed by atoms with Gasteiger partial charge in [0.2, 0.25) is 0 Å². The quantitative estimate of drug-likeness (QED) is 0.663. The third-order valence-corrected chi connectivity index (χ3v) is 4.41. The lowest BCUT2D eigenvalue weighted by molar-refractivity contribution is 0.0836. The van der Waals surface area contributed by atoms with E-state index in [1.807, 2.05) is 38.1 Å². The Hall–Kier alpha value is -2.75. The average molecular weight is 338 g/mol. The topological polar surface area (TPSA) is 55.8 Å². The van der Waals surface area contributed by atoms with Crippen LogP contribution in [0.15, 0.2) is 42.5 Å². The maximum absolute atomic E-state index is 12.5. The molecule has 0 aliphatic carbocycles. The van der Waals surface area contributed by atoms with Gasteiger partial charge in [0, 0.05) is 5.56 Å². The molecule has 0 amide bonds. The van der Waals surface area contributed by atoms with Crippen LogP contribution in [0.5, 0.6) is 17.2 Å². The van der Waals surface area contributed by atoms with Crippen LogP contribution in [0.4, 0.5) is 0 Å². The molecule has 0 aromatic heterocycles. The van der Waals surface area contributed by atoms with E-state index < -0.39 is 0 Å². The lowest BCUT2D eigenvalue weighted by Crippen LogP contribution is -2.32. The van der Waals surface area contributed by atoms with Crippen molar-refractivity contribution in [3.63, 3.8) is 0 Å². The fraction of sp³-hybridized carbons (Fsp3) is 0.286. The number of hydrogen-bond donors (Lipinski definition) is 1. The normalized spacial score (nSPS) is 15.5. The number of fused-ring (bicyclic) bond motifs is 1. The largest absolute Gasteiger partial charge is 0.507 e. The second-order valence-electron chi connectivity index (χ2n) is 6.77. The zero-order valence-electron chi connectivity index (χ0n) is 14.7.